The van der Waals surface area contributed by atoms with Crippen LogP contribution in [0.4, 0.5) is 5.69 Å². The number of carbonyl (C=O) groups is 1. The Hall–Kier alpha value is -2.07. The highest BCUT2D eigenvalue weighted by molar-refractivity contribution is 7.88. The smallest absolute Gasteiger partial charge is 0.275 e. The van der Waals surface area contributed by atoms with Crippen molar-refractivity contribution < 1.29 is 13.2 Å². The maximum atomic E-state index is 12.2. The van der Waals surface area contributed by atoms with E-state index in [-0.39, 0.29) is 11.7 Å². The van der Waals surface area contributed by atoms with Crippen LogP contribution < -0.4 is 10.5 Å². The number of primary sulfonamides is 1. The van der Waals surface area contributed by atoms with Crippen LogP contribution in [0, 0.1) is 0 Å². The number of hydrogen-bond acceptors (Lipinski definition) is 6. The quantitative estimate of drug-likeness (QED) is 0.711. The highest BCUT2D eigenvalue weighted by Gasteiger charge is 2.12. The fourth-order valence-electron chi connectivity index (χ4n) is 2.01. The van der Waals surface area contributed by atoms with Crippen molar-refractivity contribution in [3.63, 3.8) is 0 Å². The number of aromatic nitrogens is 1. The molecule has 0 saturated carbocycles. The van der Waals surface area contributed by atoms with Gasteiger partial charge in [-0.15, -0.1) is 11.3 Å². The van der Waals surface area contributed by atoms with Crippen LogP contribution in [0.15, 0.2) is 46.5 Å². The first-order valence-electron chi connectivity index (χ1n) is 6.79. The number of hydrogen-bond donors (Lipinski definition) is 2. The van der Waals surface area contributed by atoms with E-state index in [9.17, 15) is 13.2 Å². The fraction of sp³-hybridized carbons (Fsp3) is 0.0667. The van der Waals surface area contributed by atoms with Gasteiger partial charge in [0.05, 0.1) is 5.75 Å². The van der Waals surface area contributed by atoms with Gasteiger partial charge in [-0.1, -0.05) is 12.1 Å². The van der Waals surface area contributed by atoms with Gasteiger partial charge in [0.1, 0.15) is 10.7 Å². The molecule has 1 aromatic carbocycles. The second-order valence-corrected chi connectivity index (χ2v) is 8.26. The van der Waals surface area contributed by atoms with Gasteiger partial charge >= 0.3 is 0 Å². The van der Waals surface area contributed by atoms with Crippen molar-refractivity contribution in [1.29, 1.82) is 0 Å². The molecule has 9 heteroatoms. The number of amides is 1. The van der Waals surface area contributed by atoms with E-state index in [1.807, 2.05) is 16.8 Å². The van der Waals surface area contributed by atoms with Gasteiger partial charge in [-0.25, -0.2) is 18.5 Å². The van der Waals surface area contributed by atoms with Crippen LogP contribution in [0.1, 0.15) is 16.1 Å². The van der Waals surface area contributed by atoms with Gasteiger partial charge < -0.3 is 5.32 Å². The molecule has 6 nitrogen and oxygen atoms in total. The van der Waals surface area contributed by atoms with E-state index in [0.717, 1.165) is 10.6 Å². The molecule has 3 rings (SSSR count). The molecular weight excluding hydrogens is 366 g/mol. The number of rotatable bonds is 5. The van der Waals surface area contributed by atoms with E-state index in [4.69, 9.17) is 5.14 Å². The molecule has 0 spiro atoms. The molecule has 1 amide bonds. The van der Waals surface area contributed by atoms with E-state index in [1.165, 1.54) is 11.3 Å². The standard InChI is InChI=1S/C15H13N3O3S3/c16-24(20,21)9-10-1-3-12(4-2-10)17-14(19)13-8-23-15(18-13)11-5-6-22-7-11/h1-8H,9H2,(H,17,19)(H2,16,20,21). The molecule has 0 unspecified atom stereocenters. The molecule has 2 heterocycles. The van der Waals surface area contributed by atoms with Crippen molar-refractivity contribution in [2.75, 3.05) is 5.32 Å². The molecule has 2 aromatic heterocycles. The molecule has 3 N–H and O–H groups in total. The van der Waals surface area contributed by atoms with E-state index < -0.39 is 10.0 Å². The summed E-state index contributed by atoms with van der Waals surface area (Å²) in [5.41, 5.74) is 2.46. The average Bonchev–Trinajstić information content (AvgIpc) is 3.18. The fourth-order valence-corrected chi connectivity index (χ4v) is 4.18. The summed E-state index contributed by atoms with van der Waals surface area (Å²) in [7, 11) is -3.57. The lowest BCUT2D eigenvalue weighted by Gasteiger charge is -2.05. The first kappa shape index (κ1) is 16.8. The Bertz CT molecular complexity index is 946. The van der Waals surface area contributed by atoms with Crippen LogP contribution >= 0.6 is 22.7 Å². The van der Waals surface area contributed by atoms with E-state index >= 15 is 0 Å². The molecule has 24 heavy (non-hydrogen) atoms. The summed E-state index contributed by atoms with van der Waals surface area (Å²) in [6.07, 6.45) is 0. The lowest BCUT2D eigenvalue weighted by Crippen LogP contribution is -2.15. The van der Waals surface area contributed by atoms with Crippen LogP contribution in [0.3, 0.4) is 0 Å². The number of sulfonamides is 1. The number of anilines is 1. The van der Waals surface area contributed by atoms with Gasteiger partial charge in [-0.3, -0.25) is 4.79 Å². The molecule has 0 fully saturated rings. The van der Waals surface area contributed by atoms with Crippen molar-refractivity contribution in [2.45, 2.75) is 5.75 Å². The number of nitrogens with zero attached hydrogens (tertiary/aromatic N) is 1. The zero-order chi connectivity index (χ0) is 17.2. The molecule has 0 aliphatic rings. The van der Waals surface area contributed by atoms with Gasteiger partial charge in [0.2, 0.25) is 10.0 Å². The number of carbonyl (C=O) groups excluding carboxylic acids is 1. The first-order chi connectivity index (χ1) is 11.4. The summed E-state index contributed by atoms with van der Waals surface area (Å²) in [6.45, 7) is 0. The molecule has 0 aliphatic carbocycles. The van der Waals surface area contributed by atoms with Crippen molar-refractivity contribution >= 4 is 44.3 Å². The third-order valence-electron chi connectivity index (χ3n) is 3.08. The van der Waals surface area contributed by atoms with Crippen molar-refractivity contribution in [3.05, 3.63) is 57.7 Å². The maximum Gasteiger partial charge on any atom is 0.275 e. The van der Waals surface area contributed by atoms with Crippen molar-refractivity contribution in [3.8, 4) is 10.6 Å². The van der Waals surface area contributed by atoms with Crippen molar-refractivity contribution in [1.82, 2.24) is 4.98 Å². The number of nitrogens with one attached hydrogen (secondary N) is 1. The molecular formula is C15H13N3O3S3. The third-order valence-corrected chi connectivity index (χ3v) is 5.39. The van der Waals surface area contributed by atoms with Gasteiger partial charge in [0, 0.05) is 22.0 Å². The monoisotopic (exact) mass is 379 g/mol. The first-order valence-corrected chi connectivity index (χ1v) is 10.3. The number of nitrogens with two attached hydrogens (primary N) is 1. The molecule has 0 saturated heterocycles. The lowest BCUT2D eigenvalue weighted by atomic mass is 10.2. The second-order valence-electron chi connectivity index (χ2n) is 5.01. The predicted octanol–water partition coefficient (Wildman–Crippen LogP) is 2.91. The Morgan fingerprint density at radius 2 is 1.92 bits per heavy atom. The Morgan fingerprint density at radius 1 is 1.17 bits per heavy atom. The normalized spacial score (nSPS) is 11.4. The minimum Gasteiger partial charge on any atom is -0.321 e. The van der Waals surface area contributed by atoms with Gasteiger partial charge in [-0.2, -0.15) is 11.3 Å². The summed E-state index contributed by atoms with van der Waals surface area (Å²) < 4.78 is 22.1. The van der Waals surface area contributed by atoms with E-state index in [2.05, 4.69) is 10.3 Å². The molecule has 3 aromatic rings. The molecule has 0 atom stereocenters. The molecule has 124 valence electrons. The minimum atomic E-state index is -3.57. The Kier molecular flexibility index (Phi) is 4.76. The SMILES string of the molecule is NS(=O)(=O)Cc1ccc(NC(=O)c2csc(-c3ccsc3)n2)cc1. The summed E-state index contributed by atoms with van der Waals surface area (Å²) in [5.74, 6) is -0.552. The topological polar surface area (TPSA) is 102 Å². The molecule has 0 radical (unpaired) electrons. The zero-order valence-electron chi connectivity index (χ0n) is 12.3. The number of benzene rings is 1. The Labute approximate surface area is 147 Å². The summed E-state index contributed by atoms with van der Waals surface area (Å²) >= 11 is 2.98. The number of thiazole rings is 1. The van der Waals surface area contributed by atoms with Gasteiger partial charge in [-0.05, 0) is 29.1 Å². The van der Waals surface area contributed by atoms with Crippen LogP contribution in [0.5, 0.6) is 0 Å². The Balaban J connectivity index is 1.69. The minimum absolute atomic E-state index is 0.239. The van der Waals surface area contributed by atoms with Crippen molar-refractivity contribution in [2.24, 2.45) is 5.14 Å². The van der Waals surface area contributed by atoms with Crippen LogP contribution in [-0.4, -0.2) is 19.3 Å². The predicted molar refractivity (Wildman–Crippen MR) is 96.6 cm³/mol. The zero-order valence-corrected chi connectivity index (χ0v) is 14.7. The summed E-state index contributed by atoms with van der Waals surface area (Å²) in [5, 5.41) is 14.2. The summed E-state index contributed by atoms with van der Waals surface area (Å²) in [4.78, 5) is 16.6. The average molecular weight is 379 g/mol. The molecule has 0 aliphatic heterocycles. The van der Waals surface area contributed by atoms with Crippen LogP contribution in [0.2, 0.25) is 0 Å². The summed E-state index contributed by atoms with van der Waals surface area (Å²) in [6, 6.07) is 8.43. The van der Waals surface area contributed by atoms with Gasteiger partial charge in [0.25, 0.3) is 5.91 Å². The highest BCUT2D eigenvalue weighted by Crippen LogP contribution is 2.26. The van der Waals surface area contributed by atoms with E-state index in [1.54, 1.807) is 41.0 Å². The second kappa shape index (κ2) is 6.81. The number of thiophene rings is 1. The highest BCUT2D eigenvalue weighted by atomic mass is 32.2. The molecule has 0 bridgehead atoms. The lowest BCUT2D eigenvalue weighted by molar-refractivity contribution is 0.102. The van der Waals surface area contributed by atoms with Crippen LogP contribution in [0.25, 0.3) is 10.6 Å². The third kappa shape index (κ3) is 4.26. The van der Waals surface area contributed by atoms with E-state index in [0.29, 0.717) is 16.9 Å². The largest absolute Gasteiger partial charge is 0.321 e. The van der Waals surface area contributed by atoms with Gasteiger partial charge in [0.15, 0.2) is 0 Å². The maximum absolute atomic E-state index is 12.2. The Morgan fingerprint density at radius 3 is 2.54 bits per heavy atom. The van der Waals surface area contributed by atoms with Crippen LogP contribution in [-0.2, 0) is 15.8 Å².